The standard InChI is InChI=1S/C14H20ClNO/c1-4-10-7-13(17-3)12(15)8-11(10)14(5-6-14)9(2)16/h7-9H,4-6,16H2,1-3H3. The van der Waals surface area contributed by atoms with Crippen molar-refractivity contribution in [1.29, 1.82) is 0 Å². The van der Waals surface area contributed by atoms with Crippen LogP contribution >= 0.6 is 11.6 Å². The zero-order chi connectivity index (χ0) is 12.6. The first-order valence-electron chi connectivity index (χ1n) is 6.17. The molecule has 0 saturated heterocycles. The van der Waals surface area contributed by atoms with E-state index in [1.807, 2.05) is 0 Å². The minimum absolute atomic E-state index is 0.154. The van der Waals surface area contributed by atoms with Gasteiger partial charge in [-0.15, -0.1) is 0 Å². The third-order valence-corrected chi connectivity index (χ3v) is 4.25. The molecule has 2 rings (SSSR count). The van der Waals surface area contributed by atoms with E-state index in [0.29, 0.717) is 5.02 Å². The fourth-order valence-electron chi connectivity index (χ4n) is 2.61. The van der Waals surface area contributed by atoms with Gasteiger partial charge in [0.25, 0.3) is 0 Å². The summed E-state index contributed by atoms with van der Waals surface area (Å²) in [6, 6.07) is 4.28. The number of methoxy groups -OCH3 is 1. The van der Waals surface area contributed by atoms with Gasteiger partial charge in [-0.2, -0.15) is 0 Å². The van der Waals surface area contributed by atoms with Gasteiger partial charge in [0.15, 0.2) is 0 Å². The smallest absolute Gasteiger partial charge is 0.137 e. The zero-order valence-electron chi connectivity index (χ0n) is 10.7. The van der Waals surface area contributed by atoms with Crippen molar-refractivity contribution in [2.45, 2.75) is 44.6 Å². The van der Waals surface area contributed by atoms with E-state index < -0.39 is 0 Å². The molecule has 1 atom stereocenters. The van der Waals surface area contributed by atoms with Crippen LogP contribution in [0, 0.1) is 0 Å². The summed E-state index contributed by atoms with van der Waals surface area (Å²) in [6.07, 6.45) is 3.32. The number of hydrogen-bond acceptors (Lipinski definition) is 2. The molecule has 17 heavy (non-hydrogen) atoms. The highest BCUT2D eigenvalue weighted by molar-refractivity contribution is 6.32. The zero-order valence-corrected chi connectivity index (χ0v) is 11.5. The first-order chi connectivity index (χ1) is 8.05. The van der Waals surface area contributed by atoms with Crippen LogP contribution in [0.15, 0.2) is 12.1 Å². The van der Waals surface area contributed by atoms with Crippen molar-refractivity contribution in [3.8, 4) is 5.75 Å². The van der Waals surface area contributed by atoms with Gasteiger partial charge < -0.3 is 10.5 Å². The summed E-state index contributed by atoms with van der Waals surface area (Å²) in [5.41, 5.74) is 8.92. The van der Waals surface area contributed by atoms with Crippen molar-refractivity contribution >= 4 is 11.6 Å². The number of nitrogens with two attached hydrogens (primary N) is 1. The quantitative estimate of drug-likeness (QED) is 0.894. The Morgan fingerprint density at radius 3 is 2.53 bits per heavy atom. The molecule has 1 saturated carbocycles. The molecule has 1 fully saturated rings. The minimum atomic E-state index is 0.154. The first kappa shape index (κ1) is 12.7. The molecule has 0 aliphatic heterocycles. The maximum Gasteiger partial charge on any atom is 0.137 e. The van der Waals surface area contributed by atoms with Gasteiger partial charge in [0.1, 0.15) is 5.75 Å². The molecule has 1 aliphatic rings. The topological polar surface area (TPSA) is 35.2 Å². The molecular formula is C14H20ClNO. The van der Waals surface area contributed by atoms with Crippen LogP contribution in [-0.2, 0) is 11.8 Å². The van der Waals surface area contributed by atoms with Crippen molar-refractivity contribution in [3.63, 3.8) is 0 Å². The van der Waals surface area contributed by atoms with Gasteiger partial charge in [-0.25, -0.2) is 0 Å². The van der Waals surface area contributed by atoms with Gasteiger partial charge in [0.05, 0.1) is 12.1 Å². The van der Waals surface area contributed by atoms with Crippen molar-refractivity contribution in [3.05, 3.63) is 28.3 Å². The largest absolute Gasteiger partial charge is 0.495 e. The maximum atomic E-state index is 6.23. The van der Waals surface area contributed by atoms with Gasteiger partial charge >= 0.3 is 0 Å². The molecule has 1 aromatic carbocycles. The van der Waals surface area contributed by atoms with Crippen molar-refractivity contribution in [2.24, 2.45) is 5.73 Å². The molecule has 0 aromatic heterocycles. The van der Waals surface area contributed by atoms with Crippen LogP contribution in [0.4, 0.5) is 0 Å². The molecule has 2 nitrogen and oxygen atoms in total. The maximum absolute atomic E-state index is 6.23. The van der Waals surface area contributed by atoms with Gasteiger partial charge in [0, 0.05) is 11.5 Å². The monoisotopic (exact) mass is 253 g/mol. The average Bonchev–Trinajstić information content (AvgIpc) is 3.09. The summed E-state index contributed by atoms with van der Waals surface area (Å²) in [6.45, 7) is 4.24. The number of hydrogen-bond donors (Lipinski definition) is 1. The molecule has 1 unspecified atom stereocenters. The number of ether oxygens (including phenoxy) is 1. The third kappa shape index (κ3) is 2.04. The van der Waals surface area contributed by atoms with Gasteiger partial charge in [-0.3, -0.25) is 0 Å². The molecule has 94 valence electrons. The average molecular weight is 254 g/mol. The molecular weight excluding hydrogens is 234 g/mol. The summed E-state index contributed by atoms with van der Waals surface area (Å²) in [7, 11) is 1.65. The second-order valence-corrected chi connectivity index (χ2v) is 5.35. The molecule has 0 bridgehead atoms. The van der Waals surface area contributed by atoms with Gasteiger partial charge in [-0.05, 0) is 49.4 Å². The Labute approximate surface area is 108 Å². The summed E-state index contributed by atoms with van der Waals surface area (Å²) in [4.78, 5) is 0. The molecule has 1 aliphatic carbocycles. The molecule has 0 radical (unpaired) electrons. The van der Waals surface area contributed by atoms with Crippen LogP contribution < -0.4 is 10.5 Å². The molecule has 0 amide bonds. The SMILES string of the molecule is CCc1cc(OC)c(Cl)cc1C1(C(C)N)CC1. The van der Waals surface area contributed by atoms with Crippen LogP contribution in [0.3, 0.4) is 0 Å². The highest BCUT2D eigenvalue weighted by atomic mass is 35.5. The summed E-state index contributed by atoms with van der Waals surface area (Å²) >= 11 is 6.23. The van der Waals surface area contributed by atoms with Gasteiger partial charge in [0.2, 0.25) is 0 Å². The number of halogens is 1. The number of benzene rings is 1. The van der Waals surface area contributed by atoms with Crippen molar-refractivity contribution in [2.75, 3.05) is 7.11 Å². The lowest BCUT2D eigenvalue weighted by Gasteiger charge is -2.24. The second-order valence-electron chi connectivity index (χ2n) is 4.94. The van der Waals surface area contributed by atoms with E-state index in [1.165, 1.54) is 24.0 Å². The van der Waals surface area contributed by atoms with E-state index in [1.54, 1.807) is 7.11 Å². The Morgan fingerprint density at radius 1 is 1.47 bits per heavy atom. The minimum Gasteiger partial charge on any atom is -0.495 e. The molecule has 0 spiro atoms. The van der Waals surface area contributed by atoms with E-state index in [9.17, 15) is 0 Å². The van der Waals surface area contributed by atoms with E-state index in [-0.39, 0.29) is 11.5 Å². The van der Waals surface area contributed by atoms with Crippen LogP contribution in [0.1, 0.15) is 37.8 Å². The fourth-order valence-corrected chi connectivity index (χ4v) is 2.85. The van der Waals surface area contributed by atoms with Crippen LogP contribution in [0.5, 0.6) is 5.75 Å². The molecule has 2 N–H and O–H groups in total. The number of rotatable bonds is 4. The lowest BCUT2D eigenvalue weighted by atomic mass is 9.85. The Balaban J connectivity index is 2.50. The Kier molecular flexibility index (Phi) is 3.37. The Bertz CT molecular complexity index is 424. The van der Waals surface area contributed by atoms with E-state index in [0.717, 1.165) is 12.2 Å². The third-order valence-electron chi connectivity index (χ3n) is 3.96. The predicted molar refractivity (Wildman–Crippen MR) is 71.9 cm³/mol. The molecule has 3 heteroatoms. The van der Waals surface area contributed by atoms with E-state index >= 15 is 0 Å². The summed E-state index contributed by atoms with van der Waals surface area (Å²) in [5.74, 6) is 0.757. The van der Waals surface area contributed by atoms with Gasteiger partial charge in [-0.1, -0.05) is 18.5 Å². The lowest BCUT2D eigenvalue weighted by Crippen LogP contribution is -2.32. The highest BCUT2D eigenvalue weighted by Gasteiger charge is 2.48. The highest BCUT2D eigenvalue weighted by Crippen LogP contribution is 2.52. The van der Waals surface area contributed by atoms with Crippen molar-refractivity contribution in [1.82, 2.24) is 0 Å². The molecule has 0 heterocycles. The molecule has 1 aromatic rings. The Morgan fingerprint density at radius 2 is 2.12 bits per heavy atom. The van der Waals surface area contributed by atoms with Crippen LogP contribution in [0.2, 0.25) is 5.02 Å². The summed E-state index contributed by atoms with van der Waals surface area (Å²) < 4.78 is 5.27. The first-order valence-corrected chi connectivity index (χ1v) is 6.55. The normalized spacial score (nSPS) is 18.9. The Hall–Kier alpha value is -0.730. The fraction of sp³-hybridized carbons (Fsp3) is 0.571. The predicted octanol–water partition coefficient (Wildman–Crippen LogP) is 3.29. The number of aryl methyl sites for hydroxylation is 1. The lowest BCUT2D eigenvalue weighted by molar-refractivity contribution is 0.414. The van der Waals surface area contributed by atoms with Crippen LogP contribution in [0.25, 0.3) is 0 Å². The van der Waals surface area contributed by atoms with Crippen LogP contribution in [-0.4, -0.2) is 13.2 Å². The summed E-state index contributed by atoms with van der Waals surface area (Å²) in [5, 5.41) is 0.687. The van der Waals surface area contributed by atoms with E-state index in [2.05, 4.69) is 26.0 Å². The van der Waals surface area contributed by atoms with E-state index in [4.69, 9.17) is 22.1 Å². The second kappa shape index (κ2) is 4.51. The van der Waals surface area contributed by atoms with Crippen molar-refractivity contribution < 1.29 is 4.74 Å².